The molecule has 3 N–H and O–H groups in total. The van der Waals surface area contributed by atoms with Gasteiger partial charge in [0.25, 0.3) is 0 Å². The van der Waals surface area contributed by atoms with Crippen molar-refractivity contribution in [1.82, 2.24) is 10.6 Å². The Hall–Kier alpha value is -2.11. The Morgan fingerprint density at radius 1 is 1.04 bits per heavy atom. The largest absolute Gasteiger partial charge is 0.497 e. The van der Waals surface area contributed by atoms with Crippen LogP contribution in [0.15, 0.2) is 54.6 Å². The quantitative estimate of drug-likeness (QED) is 0.627. The molecular weight excluding hydrogens is 330 g/mol. The molecule has 0 aromatic heterocycles. The van der Waals surface area contributed by atoms with Gasteiger partial charge in [0.15, 0.2) is 5.11 Å². The maximum absolute atomic E-state index is 5.41. The highest BCUT2D eigenvalue weighted by Crippen LogP contribution is 2.15. The summed E-state index contributed by atoms with van der Waals surface area (Å²) in [6.07, 6.45) is 0.962. The third-order valence-corrected chi connectivity index (χ3v) is 4.51. The molecule has 0 aliphatic carbocycles. The van der Waals surface area contributed by atoms with Gasteiger partial charge in [0, 0.05) is 12.1 Å². The van der Waals surface area contributed by atoms with Crippen molar-refractivity contribution in [3.05, 3.63) is 65.7 Å². The predicted molar refractivity (Wildman–Crippen MR) is 107 cm³/mol. The molecule has 0 bridgehead atoms. The van der Waals surface area contributed by atoms with Crippen LogP contribution in [0.5, 0.6) is 5.75 Å². The molecule has 0 aliphatic heterocycles. The molecular formula is C20H28N3OS+. The molecule has 1 atom stereocenters. The first-order valence-corrected chi connectivity index (χ1v) is 9.00. The van der Waals surface area contributed by atoms with Gasteiger partial charge in [0.05, 0.1) is 27.7 Å². The second-order valence-electron chi connectivity index (χ2n) is 6.28. The van der Waals surface area contributed by atoms with Crippen molar-refractivity contribution in [3.63, 3.8) is 0 Å². The van der Waals surface area contributed by atoms with Crippen LogP contribution in [0.3, 0.4) is 0 Å². The van der Waals surface area contributed by atoms with Gasteiger partial charge in [-0.15, -0.1) is 0 Å². The van der Waals surface area contributed by atoms with Crippen molar-refractivity contribution >= 4 is 17.3 Å². The average Bonchev–Trinajstić information content (AvgIpc) is 2.63. The fraction of sp³-hybridized carbons (Fsp3) is 0.350. The zero-order valence-corrected chi connectivity index (χ0v) is 16.0. The van der Waals surface area contributed by atoms with Gasteiger partial charge in [-0.25, -0.2) is 0 Å². The number of thiocarbonyl (C=S) groups is 1. The lowest BCUT2D eigenvalue weighted by atomic mass is 10.1. The van der Waals surface area contributed by atoms with Crippen molar-refractivity contribution in [1.29, 1.82) is 0 Å². The van der Waals surface area contributed by atoms with E-state index in [0.29, 0.717) is 11.2 Å². The molecule has 0 unspecified atom stereocenters. The monoisotopic (exact) mass is 358 g/mol. The van der Waals surface area contributed by atoms with E-state index in [9.17, 15) is 0 Å². The van der Waals surface area contributed by atoms with Crippen molar-refractivity contribution in [3.8, 4) is 5.75 Å². The van der Waals surface area contributed by atoms with Crippen LogP contribution in [0, 0.1) is 0 Å². The molecule has 0 saturated heterocycles. The van der Waals surface area contributed by atoms with E-state index in [1.165, 1.54) is 16.0 Å². The molecule has 0 amide bonds. The van der Waals surface area contributed by atoms with Crippen LogP contribution in [0.25, 0.3) is 0 Å². The number of rotatable bonds is 8. The van der Waals surface area contributed by atoms with E-state index in [0.717, 1.165) is 25.3 Å². The van der Waals surface area contributed by atoms with Crippen LogP contribution in [-0.4, -0.2) is 39.4 Å². The molecule has 2 rings (SSSR count). The number of ether oxygens (including phenoxy) is 1. The van der Waals surface area contributed by atoms with E-state index < -0.39 is 0 Å². The van der Waals surface area contributed by atoms with E-state index in [4.69, 9.17) is 17.0 Å². The minimum Gasteiger partial charge on any atom is -0.497 e. The number of quaternary nitrogens is 1. The van der Waals surface area contributed by atoms with Gasteiger partial charge >= 0.3 is 0 Å². The van der Waals surface area contributed by atoms with Gasteiger partial charge in [-0.1, -0.05) is 30.3 Å². The summed E-state index contributed by atoms with van der Waals surface area (Å²) in [5.41, 5.74) is 2.58. The molecule has 134 valence electrons. The number of methoxy groups -OCH3 is 1. The zero-order valence-electron chi connectivity index (χ0n) is 15.2. The topological polar surface area (TPSA) is 37.7 Å². The highest BCUT2D eigenvalue weighted by molar-refractivity contribution is 7.80. The third-order valence-electron chi connectivity index (χ3n) is 4.22. The minimum atomic E-state index is 0.319. The number of hydrogen-bond donors (Lipinski definition) is 3. The van der Waals surface area contributed by atoms with Gasteiger partial charge in [-0.3, -0.25) is 0 Å². The van der Waals surface area contributed by atoms with Crippen molar-refractivity contribution in [2.45, 2.75) is 12.5 Å². The summed E-state index contributed by atoms with van der Waals surface area (Å²) in [7, 11) is 6.00. The SMILES string of the molecule is COc1ccc([C@@H](CNC(=S)NCCc2ccccc2)[NH+](C)C)cc1. The number of hydrogen-bond acceptors (Lipinski definition) is 2. The Labute approximate surface area is 156 Å². The molecule has 2 aromatic carbocycles. The van der Waals surface area contributed by atoms with Gasteiger partial charge in [-0.2, -0.15) is 0 Å². The van der Waals surface area contributed by atoms with Gasteiger partial charge in [-0.05, 0) is 48.5 Å². The van der Waals surface area contributed by atoms with E-state index in [1.807, 2.05) is 18.2 Å². The summed E-state index contributed by atoms with van der Waals surface area (Å²) in [6, 6.07) is 19.0. The first-order chi connectivity index (χ1) is 12.1. The molecule has 0 saturated carbocycles. The second kappa shape index (κ2) is 10.0. The molecule has 0 fully saturated rings. The van der Waals surface area contributed by atoms with Gasteiger partial charge in [0.1, 0.15) is 11.8 Å². The van der Waals surface area contributed by atoms with Crippen molar-refractivity contribution in [2.75, 3.05) is 34.3 Å². The Morgan fingerprint density at radius 3 is 2.32 bits per heavy atom. The molecule has 0 aliphatic rings. The van der Waals surface area contributed by atoms with Crippen LogP contribution in [0.4, 0.5) is 0 Å². The van der Waals surface area contributed by atoms with Crippen LogP contribution >= 0.6 is 12.2 Å². The first kappa shape index (κ1) is 19.2. The molecule has 2 aromatic rings. The summed E-state index contributed by atoms with van der Waals surface area (Å²) in [6.45, 7) is 1.61. The molecule has 0 heterocycles. The maximum atomic E-state index is 5.41. The zero-order chi connectivity index (χ0) is 18.1. The van der Waals surface area contributed by atoms with Gasteiger partial charge < -0.3 is 20.3 Å². The highest BCUT2D eigenvalue weighted by Gasteiger charge is 2.18. The summed E-state index contributed by atoms with van der Waals surface area (Å²) in [5, 5.41) is 7.34. The summed E-state index contributed by atoms with van der Waals surface area (Å²) >= 11 is 5.41. The van der Waals surface area contributed by atoms with Crippen molar-refractivity contribution < 1.29 is 9.64 Å². The normalized spacial score (nSPS) is 11.8. The van der Waals surface area contributed by atoms with E-state index >= 15 is 0 Å². The third kappa shape index (κ3) is 6.36. The predicted octanol–water partition coefficient (Wildman–Crippen LogP) is 1.59. The number of nitrogens with one attached hydrogen (secondary N) is 3. The average molecular weight is 359 g/mol. The van der Waals surface area contributed by atoms with Crippen LogP contribution in [0.2, 0.25) is 0 Å². The fourth-order valence-corrected chi connectivity index (χ4v) is 2.90. The lowest BCUT2D eigenvalue weighted by Gasteiger charge is -2.23. The second-order valence-corrected chi connectivity index (χ2v) is 6.68. The summed E-state index contributed by atoms with van der Waals surface area (Å²) in [5.74, 6) is 0.877. The van der Waals surface area contributed by atoms with E-state index in [2.05, 4.69) is 61.1 Å². The lowest BCUT2D eigenvalue weighted by Crippen LogP contribution is -3.07. The van der Waals surface area contributed by atoms with E-state index in [1.54, 1.807) is 7.11 Å². The van der Waals surface area contributed by atoms with E-state index in [-0.39, 0.29) is 0 Å². The van der Waals surface area contributed by atoms with Gasteiger partial charge in [0.2, 0.25) is 0 Å². The summed E-state index contributed by atoms with van der Waals surface area (Å²) < 4.78 is 5.24. The Balaban J connectivity index is 1.80. The maximum Gasteiger partial charge on any atom is 0.166 e. The highest BCUT2D eigenvalue weighted by atomic mass is 32.1. The molecule has 5 heteroatoms. The molecule has 0 spiro atoms. The lowest BCUT2D eigenvalue weighted by molar-refractivity contribution is -0.890. The Kier molecular flexibility index (Phi) is 7.70. The number of benzene rings is 2. The van der Waals surface area contributed by atoms with Crippen molar-refractivity contribution in [2.24, 2.45) is 0 Å². The Morgan fingerprint density at radius 2 is 1.72 bits per heavy atom. The van der Waals surface area contributed by atoms with Crippen LogP contribution < -0.4 is 20.3 Å². The Bertz CT molecular complexity index is 644. The first-order valence-electron chi connectivity index (χ1n) is 8.59. The molecule has 4 nitrogen and oxygen atoms in total. The fourth-order valence-electron chi connectivity index (χ4n) is 2.71. The molecule has 25 heavy (non-hydrogen) atoms. The van der Waals surface area contributed by atoms with Crippen LogP contribution in [-0.2, 0) is 6.42 Å². The summed E-state index contributed by atoms with van der Waals surface area (Å²) in [4.78, 5) is 1.35. The smallest absolute Gasteiger partial charge is 0.166 e. The number of likely N-dealkylation sites (N-methyl/N-ethyl adjacent to an activating group) is 1. The van der Waals surface area contributed by atoms with Crippen LogP contribution in [0.1, 0.15) is 17.2 Å². The minimum absolute atomic E-state index is 0.319. The standard InChI is InChI=1S/C20H27N3OS/c1-23(2)19(17-9-11-18(24-3)12-10-17)15-22-20(25)21-14-13-16-7-5-4-6-8-16/h4-12,19H,13-15H2,1-3H3,(H2,21,22,25)/p+1/t19-/m1/s1. The molecule has 0 radical (unpaired) electrons.